The van der Waals surface area contributed by atoms with Crippen LogP contribution in [0.2, 0.25) is 0 Å². The van der Waals surface area contributed by atoms with Crippen LogP contribution in [0.3, 0.4) is 0 Å². The van der Waals surface area contributed by atoms with Crippen molar-refractivity contribution in [2.75, 3.05) is 9.80 Å². The second kappa shape index (κ2) is 18.9. The van der Waals surface area contributed by atoms with E-state index in [0.717, 1.165) is 45.3 Å². The summed E-state index contributed by atoms with van der Waals surface area (Å²) in [5.41, 5.74) is 31.8. The zero-order chi connectivity index (χ0) is 55.4. The number of hydrogen-bond donors (Lipinski definition) is 0. The standard InChI is InChI=1S/C79H64N2/c1-51-17-32-59(33-18-51)80(62-38-26-55(27-39-62)57-30-44-68-65-13-9-11-15-71(65)77(3,4)74(68)48-57)61-36-23-53(24-37-61)21-22-54-25-43-67-70-46-42-64(50-76(70)79(7,8)73(67)47-54)81(60-34-19-52(2)20-35-60)63-40-28-56(29-41-63)58-31-45-69-66-14-10-12-16-72(66)78(5,6)75(69)49-58/h9-20,23-50H,1-8H3. The highest BCUT2D eigenvalue weighted by Gasteiger charge is 2.38. The van der Waals surface area contributed by atoms with Crippen molar-refractivity contribution in [3.05, 3.63) is 298 Å². The van der Waals surface area contributed by atoms with Crippen LogP contribution in [-0.4, -0.2) is 0 Å². The normalized spacial score (nSPS) is 14.1. The molecule has 0 bridgehead atoms. The molecule has 0 aromatic heterocycles. The van der Waals surface area contributed by atoms with Gasteiger partial charge >= 0.3 is 0 Å². The largest absolute Gasteiger partial charge is 0.311 e. The second-order valence-corrected chi connectivity index (χ2v) is 24.2. The predicted molar refractivity (Wildman–Crippen MR) is 341 cm³/mol. The van der Waals surface area contributed by atoms with Crippen molar-refractivity contribution in [3.8, 4) is 67.5 Å². The van der Waals surface area contributed by atoms with E-state index in [9.17, 15) is 0 Å². The van der Waals surface area contributed by atoms with E-state index >= 15 is 0 Å². The Morgan fingerprint density at radius 1 is 0.247 bits per heavy atom. The zero-order valence-corrected chi connectivity index (χ0v) is 47.5. The molecule has 390 valence electrons. The number of anilines is 6. The maximum Gasteiger partial charge on any atom is 0.0465 e. The van der Waals surface area contributed by atoms with Crippen molar-refractivity contribution >= 4 is 34.1 Å². The van der Waals surface area contributed by atoms with Gasteiger partial charge in [0.2, 0.25) is 0 Å². The van der Waals surface area contributed by atoms with E-state index in [1.165, 1.54) is 100 Å². The first-order valence-electron chi connectivity index (χ1n) is 28.6. The van der Waals surface area contributed by atoms with E-state index in [1.807, 2.05) is 0 Å². The average Bonchev–Trinajstić information content (AvgIpc) is 4.02. The van der Waals surface area contributed by atoms with Crippen LogP contribution in [0.4, 0.5) is 34.1 Å². The van der Waals surface area contributed by atoms with E-state index in [1.54, 1.807) is 0 Å². The third kappa shape index (κ3) is 8.33. The van der Waals surface area contributed by atoms with Crippen molar-refractivity contribution in [1.29, 1.82) is 0 Å². The molecular weight excluding hydrogens is 977 g/mol. The average molecular weight is 1040 g/mol. The minimum Gasteiger partial charge on any atom is -0.311 e. The first kappa shape index (κ1) is 49.8. The van der Waals surface area contributed by atoms with Crippen molar-refractivity contribution in [2.24, 2.45) is 0 Å². The molecule has 3 aliphatic rings. The predicted octanol–water partition coefficient (Wildman–Crippen LogP) is 20.9. The number of rotatable bonds is 8. The molecule has 0 radical (unpaired) electrons. The second-order valence-electron chi connectivity index (χ2n) is 24.2. The molecule has 3 aliphatic carbocycles. The molecule has 0 N–H and O–H groups in total. The molecule has 11 aromatic rings. The van der Waals surface area contributed by atoms with Crippen molar-refractivity contribution < 1.29 is 0 Å². The fraction of sp³-hybridized carbons (Fsp3) is 0.139. The van der Waals surface area contributed by atoms with Crippen molar-refractivity contribution in [2.45, 2.75) is 71.6 Å². The Hall–Kier alpha value is -9.42. The molecule has 0 spiro atoms. The highest BCUT2D eigenvalue weighted by Crippen LogP contribution is 2.53. The summed E-state index contributed by atoms with van der Waals surface area (Å²) in [5.74, 6) is 7.09. The van der Waals surface area contributed by atoms with E-state index in [4.69, 9.17) is 0 Å². The summed E-state index contributed by atoms with van der Waals surface area (Å²) >= 11 is 0. The maximum atomic E-state index is 3.56. The van der Waals surface area contributed by atoms with Crippen molar-refractivity contribution in [1.82, 2.24) is 0 Å². The molecule has 14 rings (SSSR count). The molecule has 0 atom stereocenters. The Morgan fingerprint density at radius 3 is 1.01 bits per heavy atom. The molecule has 0 saturated heterocycles. The van der Waals surface area contributed by atoms with Crippen LogP contribution in [0.1, 0.15) is 97.2 Å². The van der Waals surface area contributed by atoms with Crippen LogP contribution < -0.4 is 9.80 Å². The van der Waals surface area contributed by atoms with Gasteiger partial charge in [0, 0.05) is 61.5 Å². The van der Waals surface area contributed by atoms with Gasteiger partial charge in [0.15, 0.2) is 0 Å². The highest BCUT2D eigenvalue weighted by molar-refractivity contribution is 5.89. The molecular formula is C79H64N2. The lowest BCUT2D eigenvalue weighted by atomic mass is 9.81. The summed E-state index contributed by atoms with van der Waals surface area (Å²) in [6, 6.07) is 90.0. The van der Waals surface area contributed by atoms with Gasteiger partial charge in [-0.1, -0.05) is 198 Å². The van der Waals surface area contributed by atoms with E-state index in [0.29, 0.717) is 0 Å². The van der Waals surface area contributed by atoms with Crippen LogP contribution in [0.5, 0.6) is 0 Å². The molecule has 0 aliphatic heterocycles. The van der Waals surface area contributed by atoms with Crippen LogP contribution in [0, 0.1) is 25.7 Å². The summed E-state index contributed by atoms with van der Waals surface area (Å²) in [6.07, 6.45) is 0. The van der Waals surface area contributed by atoms with Gasteiger partial charge in [-0.3, -0.25) is 0 Å². The summed E-state index contributed by atoms with van der Waals surface area (Å²) in [7, 11) is 0. The van der Waals surface area contributed by atoms with E-state index in [-0.39, 0.29) is 16.2 Å². The van der Waals surface area contributed by atoms with Crippen LogP contribution >= 0.6 is 0 Å². The number of benzene rings is 11. The lowest BCUT2D eigenvalue weighted by molar-refractivity contribution is 0.660. The number of fused-ring (bicyclic) bond motifs is 9. The molecule has 2 heteroatoms. The van der Waals surface area contributed by atoms with Crippen LogP contribution in [-0.2, 0) is 16.2 Å². The Bertz CT molecular complexity index is 4350. The molecule has 0 amide bonds. The third-order valence-electron chi connectivity index (χ3n) is 18.1. The van der Waals surface area contributed by atoms with Gasteiger partial charge in [0.1, 0.15) is 0 Å². The van der Waals surface area contributed by atoms with Gasteiger partial charge < -0.3 is 9.80 Å². The Labute approximate surface area is 478 Å². The monoisotopic (exact) mass is 1040 g/mol. The number of aryl methyl sites for hydroxylation is 2. The smallest absolute Gasteiger partial charge is 0.0465 e. The topological polar surface area (TPSA) is 6.48 Å². The molecule has 11 aromatic carbocycles. The fourth-order valence-electron chi connectivity index (χ4n) is 13.4. The lowest BCUT2D eigenvalue weighted by Gasteiger charge is -2.28. The van der Waals surface area contributed by atoms with E-state index in [2.05, 4.69) is 320 Å². The maximum absolute atomic E-state index is 3.56. The highest BCUT2D eigenvalue weighted by atomic mass is 15.1. The number of hydrogen-bond acceptors (Lipinski definition) is 2. The first-order chi connectivity index (χ1) is 39.2. The van der Waals surface area contributed by atoms with Gasteiger partial charge in [0.25, 0.3) is 0 Å². The molecule has 0 saturated carbocycles. The van der Waals surface area contributed by atoms with Gasteiger partial charge in [-0.2, -0.15) is 0 Å². The van der Waals surface area contributed by atoms with Gasteiger partial charge in [-0.25, -0.2) is 0 Å². The molecule has 0 unspecified atom stereocenters. The van der Waals surface area contributed by atoms with Gasteiger partial charge in [-0.05, 0) is 212 Å². The van der Waals surface area contributed by atoms with Crippen LogP contribution in [0.15, 0.2) is 243 Å². The van der Waals surface area contributed by atoms with Gasteiger partial charge in [0.05, 0.1) is 0 Å². The summed E-state index contributed by atoms with van der Waals surface area (Å²) in [4.78, 5) is 4.73. The Morgan fingerprint density at radius 2 is 0.543 bits per heavy atom. The molecule has 81 heavy (non-hydrogen) atoms. The third-order valence-corrected chi connectivity index (χ3v) is 18.1. The zero-order valence-electron chi connectivity index (χ0n) is 47.5. The summed E-state index contributed by atoms with van der Waals surface area (Å²) in [6.45, 7) is 18.4. The first-order valence-corrected chi connectivity index (χ1v) is 28.6. The van der Waals surface area contributed by atoms with Crippen molar-refractivity contribution in [3.63, 3.8) is 0 Å². The summed E-state index contributed by atoms with van der Waals surface area (Å²) < 4.78 is 0. The molecule has 0 fully saturated rings. The lowest BCUT2D eigenvalue weighted by Crippen LogP contribution is -2.16. The van der Waals surface area contributed by atoms with Gasteiger partial charge in [-0.15, -0.1) is 0 Å². The quantitative estimate of drug-likeness (QED) is 0.140. The minimum atomic E-state index is -0.244. The SMILES string of the molecule is Cc1ccc(N(c2ccc(C#Cc3ccc4c(c3)C(C)(C)c3cc(N(c5ccc(C)cc5)c5ccc(-c6ccc7c(c6)C(C)(C)c6ccccc6-7)cc5)ccc3-4)cc2)c2ccc(-c3ccc4c(c3)C(C)(C)c3ccccc3-4)cc2)cc1. The molecule has 2 nitrogen and oxygen atoms in total. The molecule has 0 heterocycles. The van der Waals surface area contributed by atoms with E-state index < -0.39 is 0 Å². The van der Waals surface area contributed by atoms with Crippen LogP contribution in [0.25, 0.3) is 55.6 Å². The summed E-state index contributed by atoms with van der Waals surface area (Å²) in [5, 5.41) is 0. The fourth-order valence-corrected chi connectivity index (χ4v) is 13.4. The Kier molecular flexibility index (Phi) is 11.6. The Balaban J connectivity index is 0.723. The minimum absolute atomic E-state index is 0.0450. The number of nitrogens with zero attached hydrogens (tertiary/aromatic N) is 2.